The number of benzene rings is 1. The van der Waals surface area contributed by atoms with Crippen LogP contribution in [0.5, 0.6) is 5.75 Å². The van der Waals surface area contributed by atoms with Gasteiger partial charge < -0.3 is 15.2 Å². The van der Waals surface area contributed by atoms with Gasteiger partial charge >= 0.3 is 5.97 Å². The van der Waals surface area contributed by atoms with E-state index in [4.69, 9.17) is 9.84 Å². The molecule has 5 nitrogen and oxygen atoms in total. The number of hydrogen-bond acceptors (Lipinski definition) is 3. The molecule has 1 aromatic rings. The van der Waals surface area contributed by atoms with E-state index in [1.54, 1.807) is 13.8 Å². The minimum atomic E-state index is -1.04. The van der Waals surface area contributed by atoms with Crippen LogP contribution in [-0.4, -0.2) is 29.6 Å². The fraction of sp³-hybridized carbons (Fsp3) is 0.529. The van der Waals surface area contributed by atoms with Gasteiger partial charge in [0.25, 0.3) is 5.91 Å². The number of carboxylic acid groups (broad SMARTS) is 1. The van der Waals surface area contributed by atoms with E-state index in [1.807, 2.05) is 24.3 Å². The van der Waals surface area contributed by atoms with Gasteiger partial charge in [0, 0.05) is 0 Å². The lowest BCUT2D eigenvalue weighted by Crippen LogP contribution is -2.46. The summed E-state index contributed by atoms with van der Waals surface area (Å²) in [7, 11) is 0. The molecule has 1 unspecified atom stereocenters. The number of nitrogens with one attached hydrogen (secondary N) is 1. The van der Waals surface area contributed by atoms with Gasteiger partial charge in [0.15, 0.2) is 6.61 Å². The molecule has 1 atom stereocenters. The summed E-state index contributed by atoms with van der Waals surface area (Å²) in [6, 6.07) is 6.63. The van der Waals surface area contributed by atoms with Gasteiger partial charge in [0.05, 0.1) is 0 Å². The Bertz CT molecular complexity index is 532. The Labute approximate surface area is 131 Å². The number of hydrogen-bond donors (Lipinski definition) is 2. The Morgan fingerprint density at radius 2 is 1.82 bits per heavy atom. The predicted octanol–water partition coefficient (Wildman–Crippen LogP) is 2.59. The van der Waals surface area contributed by atoms with Crippen LogP contribution in [0.15, 0.2) is 24.3 Å². The number of carbonyl (C=O) groups is 2. The molecule has 0 aliphatic rings. The van der Waals surface area contributed by atoms with E-state index >= 15 is 0 Å². The number of amides is 1. The van der Waals surface area contributed by atoms with Crippen LogP contribution < -0.4 is 10.1 Å². The van der Waals surface area contributed by atoms with Crippen molar-refractivity contribution >= 4 is 11.9 Å². The van der Waals surface area contributed by atoms with Crippen LogP contribution >= 0.6 is 0 Å². The second-order valence-electron chi connectivity index (χ2n) is 6.66. The topological polar surface area (TPSA) is 75.6 Å². The van der Waals surface area contributed by atoms with E-state index in [2.05, 4.69) is 26.1 Å². The first-order valence-corrected chi connectivity index (χ1v) is 7.37. The minimum Gasteiger partial charge on any atom is -0.483 e. The van der Waals surface area contributed by atoms with Gasteiger partial charge in [-0.2, -0.15) is 0 Å². The van der Waals surface area contributed by atoms with Crippen molar-refractivity contribution in [2.24, 2.45) is 5.92 Å². The Kier molecular flexibility index (Phi) is 5.97. The summed E-state index contributed by atoms with van der Waals surface area (Å²) in [5.74, 6) is -1.03. The van der Waals surface area contributed by atoms with Crippen molar-refractivity contribution in [2.45, 2.75) is 46.1 Å². The Hall–Kier alpha value is -2.04. The first-order chi connectivity index (χ1) is 10.1. The summed E-state index contributed by atoms with van der Waals surface area (Å²) in [5.41, 5.74) is 0.899. The summed E-state index contributed by atoms with van der Waals surface area (Å²) in [4.78, 5) is 23.0. The van der Waals surface area contributed by atoms with Crippen molar-refractivity contribution in [1.29, 1.82) is 0 Å². The lowest BCUT2D eigenvalue weighted by atomic mass is 9.86. The van der Waals surface area contributed by atoms with Crippen LogP contribution in [-0.2, 0) is 15.0 Å². The first-order valence-electron chi connectivity index (χ1n) is 7.37. The molecule has 0 aliphatic heterocycles. The highest BCUT2D eigenvalue weighted by molar-refractivity contribution is 5.84. The van der Waals surface area contributed by atoms with E-state index < -0.39 is 17.9 Å². The van der Waals surface area contributed by atoms with Crippen LogP contribution in [0.2, 0.25) is 0 Å². The maximum atomic E-state index is 11.9. The molecular weight excluding hydrogens is 282 g/mol. The number of para-hydroxylation sites is 1. The number of carbonyl (C=O) groups excluding carboxylic acids is 1. The molecule has 2 N–H and O–H groups in total. The molecule has 0 radical (unpaired) electrons. The third-order valence-corrected chi connectivity index (χ3v) is 3.30. The standard InChI is InChI=1S/C17H25NO4/c1-11(2)15(16(20)21)18-14(19)10-22-13-9-7-6-8-12(13)17(3,4)5/h6-9,11,15H,10H2,1-5H3,(H,18,19)(H,20,21). The van der Waals surface area contributed by atoms with Gasteiger partial charge in [-0.05, 0) is 23.0 Å². The smallest absolute Gasteiger partial charge is 0.326 e. The molecular formula is C17H25NO4. The third-order valence-electron chi connectivity index (χ3n) is 3.30. The Morgan fingerprint density at radius 3 is 2.32 bits per heavy atom. The largest absolute Gasteiger partial charge is 0.483 e. The summed E-state index contributed by atoms with van der Waals surface area (Å²) < 4.78 is 5.58. The Balaban J connectivity index is 2.71. The number of aliphatic carboxylic acids is 1. The van der Waals surface area contributed by atoms with Crippen LogP contribution in [0.25, 0.3) is 0 Å². The quantitative estimate of drug-likeness (QED) is 0.847. The average Bonchev–Trinajstić information content (AvgIpc) is 2.41. The van der Waals surface area contributed by atoms with Crippen LogP contribution in [0.3, 0.4) is 0 Å². The fourth-order valence-electron chi connectivity index (χ4n) is 2.08. The summed E-state index contributed by atoms with van der Waals surface area (Å²) >= 11 is 0. The highest BCUT2D eigenvalue weighted by Gasteiger charge is 2.24. The lowest BCUT2D eigenvalue weighted by Gasteiger charge is -2.23. The van der Waals surface area contributed by atoms with Gasteiger partial charge in [-0.1, -0.05) is 52.8 Å². The third kappa shape index (κ3) is 5.06. The molecule has 1 amide bonds. The zero-order chi connectivity index (χ0) is 16.9. The molecule has 0 heterocycles. The molecule has 0 fully saturated rings. The van der Waals surface area contributed by atoms with Crippen LogP contribution in [0, 0.1) is 5.92 Å². The van der Waals surface area contributed by atoms with E-state index in [0.29, 0.717) is 5.75 Å². The van der Waals surface area contributed by atoms with Crippen LogP contribution in [0.1, 0.15) is 40.2 Å². The van der Waals surface area contributed by atoms with Crippen molar-refractivity contribution in [3.05, 3.63) is 29.8 Å². The molecule has 0 bridgehead atoms. The molecule has 1 aromatic carbocycles. The van der Waals surface area contributed by atoms with Crippen molar-refractivity contribution < 1.29 is 19.4 Å². The number of carboxylic acids is 1. The highest BCUT2D eigenvalue weighted by Crippen LogP contribution is 2.30. The highest BCUT2D eigenvalue weighted by atomic mass is 16.5. The molecule has 0 spiro atoms. The average molecular weight is 307 g/mol. The van der Waals surface area contributed by atoms with E-state index in [1.165, 1.54) is 0 Å². The second-order valence-corrected chi connectivity index (χ2v) is 6.66. The van der Waals surface area contributed by atoms with Crippen LogP contribution in [0.4, 0.5) is 0 Å². The minimum absolute atomic E-state index is 0.103. The molecule has 22 heavy (non-hydrogen) atoms. The van der Waals surface area contributed by atoms with Crippen molar-refractivity contribution in [3.8, 4) is 5.75 Å². The van der Waals surface area contributed by atoms with Crippen molar-refractivity contribution in [1.82, 2.24) is 5.32 Å². The summed E-state index contributed by atoms with van der Waals surface area (Å²) in [5, 5.41) is 11.6. The molecule has 0 saturated carbocycles. The zero-order valence-electron chi connectivity index (χ0n) is 13.8. The first kappa shape index (κ1) is 18.0. The SMILES string of the molecule is CC(C)C(NC(=O)COc1ccccc1C(C)(C)C)C(=O)O. The number of ether oxygens (including phenoxy) is 1. The van der Waals surface area contributed by atoms with Gasteiger partial charge in [-0.3, -0.25) is 4.79 Å². The maximum Gasteiger partial charge on any atom is 0.326 e. The zero-order valence-corrected chi connectivity index (χ0v) is 13.8. The fourth-order valence-corrected chi connectivity index (χ4v) is 2.08. The van der Waals surface area contributed by atoms with Gasteiger partial charge in [0.2, 0.25) is 0 Å². The monoisotopic (exact) mass is 307 g/mol. The molecule has 1 rings (SSSR count). The van der Waals surface area contributed by atoms with E-state index in [-0.39, 0.29) is 17.9 Å². The molecule has 122 valence electrons. The summed E-state index contributed by atoms with van der Waals surface area (Å²) in [6.45, 7) is 9.48. The molecule has 0 aromatic heterocycles. The molecule has 0 saturated heterocycles. The molecule has 5 heteroatoms. The summed E-state index contributed by atoms with van der Waals surface area (Å²) in [6.07, 6.45) is 0. The molecule has 0 aliphatic carbocycles. The Morgan fingerprint density at radius 1 is 1.23 bits per heavy atom. The van der Waals surface area contributed by atoms with E-state index in [9.17, 15) is 9.59 Å². The lowest BCUT2D eigenvalue weighted by molar-refractivity contribution is -0.143. The maximum absolute atomic E-state index is 11.9. The van der Waals surface area contributed by atoms with Gasteiger partial charge in [-0.15, -0.1) is 0 Å². The second kappa shape index (κ2) is 7.29. The van der Waals surface area contributed by atoms with Gasteiger partial charge in [-0.25, -0.2) is 4.79 Å². The van der Waals surface area contributed by atoms with E-state index in [0.717, 1.165) is 5.56 Å². The predicted molar refractivity (Wildman–Crippen MR) is 85.0 cm³/mol. The van der Waals surface area contributed by atoms with Crippen molar-refractivity contribution in [3.63, 3.8) is 0 Å². The normalized spacial score (nSPS) is 12.8. The van der Waals surface area contributed by atoms with Crippen molar-refractivity contribution in [2.75, 3.05) is 6.61 Å². The van der Waals surface area contributed by atoms with Gasteiger partial charge in [0.1, 0.15) is 11.8 Å². The number of rotatable bonds is 6.